The van der Waals surface area contributed by atoms with Crippen LogP contribution in [-0.2, 0) is 9.59 Å². The number of nitrogens with one attached hydrogen (secondary N) is 2. The zero-order valence-electron chi connectivity index (χ0n) is 13.3. The first-order valence-corrected chi connectivity index (χ1v) is 7.99. The Bertz CT molecular complexity index is 917. The highest BCUT2D eigenvalue weighted by atomic mass is 16.2. The Morgan fingerprint density at radius 1 is 1.16 bits per heavy atom. The minimum atomic E-state index is -0.488. The van der Waals surface area contributed by atoms with Crippen LogP contribution >= 0.6 is 0 Å². The second-order valence-corrected chi connectivity index (χ2v) is 5.90. The second-order valence-electron chi connectivity index (χ2n) is 5.90. The number of anilines is 2. The molecule has 25 heavy (non-hydrogen) atoms. The first kappa shape index (κ1) is 15.1. The lowest BCUT2D eigenvalue weighted by molar-refractivity contribution is -0.123. The Hall–Kier alpha value is -3.41. The van der Waals surface area contributed by atoms with Crippen molar-refractivity contribution in [3.05, 3.63) is 72.8 Å². The van der Waals surface area contributed by atoms with Crippen LogP contribution in [-0.4, -0.2) is 21.4 Å². The van der Waals surface area contributed by atoms with Gasteiger partial charge in [-0.05, 0) is 35.9 Å². The largest absolute Gasteiger partial charge is 0.326 e. The summed E-state index contributed by atoms with van der Waals surface area (Å²) in [7, 11) is 0. The molecule has 0 unspecified atom stereocenters. The van der Waals surface area contributed by atoms with Gasteiger partial charge in [0.15, 0.2) is 0 Å². The quantitative estimate of drug-likeness (QED) is 0.774. The van der Waals surface area contributed by atoms with Crippen molar-refractivity contribution in [3.8, 4) is 5.69 Å². The molecule has 0 aliphatic carbocycles. The third kappa shape index (κ3) is 3.01. The van der Waals surface area contributed by atoms with Gasteiger partial charge in [0, 0.05) is 35.9 Å². The molecule has 0 bridgehead atoms. The Morgan fingerprint density at radius 3 is 2.72 bits per heavy atom. The number of nitrogens with zero attached hydrogens (tertiary/aromatic N) is 2. The minimum absolute atomic E-state index is 0.144. The number of carbonyl (C=O) groups is 2. The third-order valence-corrected chi connectivity index (χ3v) is 4.25. The van der Waals surface area contributed by atoms with Gasteiger partial charge in [-0.15, -0.1) is 0 Å². The minimum Gasteiger partial charge on any atom is -0.326 e. The lowest BCUT2D eigenvalue weighted by Crippen LogP contribution is -2.30. The maximum absolute atomic E-state index is 12.7. The normalized spacial score (nSPS) is 16.0. The highest BCUT2D eigenvalue weighted by Crippen LogP contribution is 2.32. The fourth-order valence-electron chi connectivity index (χ4n) is 3.00. The van der Waals surface area contributed by atoms with Crippen LogP contribution < -0.4 is 10.6 Å². The number of benzene rings is 2. The standard InChI is InChI=1S/C19H16N4O2/c24-18-11-16(15-3-1-2-4-17(15)22-18)19(25)21-13-5-7-14(8-6-13)23-10-9-20-12-23/h1-10,12,16H,11H2,(H,21,25)(H,22,24)/t16-/m1/s1. The highest BCUT2D eigenvalue weighted by molar-refractivity contribution is 6.05. The van der Waals surface area contributed by atoms with Crippen LogP contribution in [0.2, 0.25) is 0 Å². The van der Waals surface area contributed by atoms with Crippen LogP contribution in [0.1, 0.15) is 17.9 Å². The molecule has 2 heterocycles. The van der Waals surface area contributed by atoms with Crippen molar-refractivity contribution in [2.45, 2.75) is 12.3 Å². The molecule has 0 saturated heterocycles. The van der Waals surface area contributed by atoms with E-state index in [0.717, 1.165) is 11.3 Å². The molecule has 124 valence electrons. The number of fused-ring (bicyclic) bond motifs is 1. The van der Waals surface area contributed by atoms with Crippen molar-refractivity contribution < 1.29 is 9.59 Å². The number of amides is 2. The molecule has 0 radical (unpaired) electrons. The number of hydrogen-bond donors (Lipinski definition) is 2. The van der Waals surface area contributed by atoms with E-state index in [-0.39, 0.29) is 18.2 Å². The monoisotopic (exact) mass is 332 g/mol. The number of rotatable bonds is 3. The molecular formula is C19H16N4O2. The molecule has 6 heteroatoms. The number of hydrogen-bond acceptors (Lipinski definition) is 3. The van der Waals surface area contributed by atoms with Crippen LogP contribution in [0.3, 0.4) is 0 Å². The summed E-state index contributed by atoms with van der Waals surface area (Å²) in [5.74, 6) is -0.815. The summed E-state index contributed by atoms with van der Waals surface area (Å²) in [5, 5.41) is 5.71. The summed E-state index contributed by atoms with van der Waals surface area (Å²) in [6.45, 7) is 0. The average Bonchev–Trinajstić information content (AvgIpc) is 3.16. The van der Waals surface area contributed by atoms with Crippen LogP contribution in [0.4, 0.5) is 11.4 Å². The summed E-state index contributed by atoms with van der Waals surface area (Å²) in [5.41, 5.74) is 3.19. The summed E-state index contributed by atoms with van der Waals surface area (Å²) in [4.78, 5) is 28.6. The van der Waals surface area contributed by atoms with Gasteiger partial charge >= 0.3 is 0 Å². The van der Waals surface area contributed by atoms with Crippen LogP contribution in [0, 0.1) is 0 Å². The maximum atomic E-state index is 12.7. The van der Waals surface area contributed by atoms with Gasteiger partial charge in [-0.25, -0.2) is 4.98 Å². The fraction of sp³-hybridized carbons (Fsp3) is 0.105. The van der Waals surface area contributed by atoms with Gasteiger partial charge in [-0.2, -0.15) is 0 Å². The first-order chi connectivity index (χ1) is 12.2. The lowest BCUT2D eigenvalue weighted by Gasteiger charge is -2.24. The maximum Gasteiger partial charge on any atom is 0.232 e. The first-order valence-electron chi connectivity index (χ1n) is 7.99. The molecule has 1 aliphatic heterocycles. The van der Waals surface area contributed by atoms with E-state index in [1.807, 2.05) is 59.3 Å². The summed E-state index contributed by atoms with van der Waals surface area (Å²) < 4.78 is 1.88. The molecule has 0 fully saturated rings. The van der Waals surface area contributed by atoms with Gasteiger partial charge in [0.1, 0.15) is 0 Å². The van der Waals surface area contributed by atoms with E-state index in [9.17, 15) is 9.59 Å². The SMILES string of the molecule is O=C1C[C@@H](C(=O)Nc2ccc(-n3ccnc3)cc2)c2ccccc2N1. The molecule has 2 aromatic carbocycles. The van der Waals surface area contributed by atoms with Gasteiger partial charge in [-0.3, -0.25) is 9.59 Å². The molecule has 1 atom stereocenters. The predicted octanol–water partition coefficient (Wildman–Crippen LogP) is 2.94. The van der Waals surface area contributed by atoms with E-state index in [0.29, 0.717) is 11.4 Å². The molecule has 0 saturated carbocycles. The van der Waals surface area contributed by atoms with E-state index < -0.39 is 5.92 Å². The van der Waals surface area contributed by atoms with Gasteiger partial charge in [0.05, 0.1) is 12.2 Å². The van der Waals surface area contributed by atoms with E-state index in [2.05, 4.69) is 15.6 Å². The number of aromatic nitrogens is 2. The van der Waals surface area contributed by atoms with Crippen molar-refractivity contribution in [2.75, 3.05) is 10.6 Å². The number of carbonyl (C=O) groups excluding carboxylic acids is 2. The molecule has 4 rings (SSSR count). The van der Waals surface area contributed by atoms with Crippen LogP contribution in [0.25, 0.3) is 5.69 Å². The Labute approximate surface area is 144 Å². The second kappa shape index (κ2) is 6.24. The Kier molecular flexibility index (Phi) is 3.78. The van der Waals surface area contributed by atoms with Crippen LogP contribution in [0.5, 0.6) is 0 Å². The van der Waals surface area contributed by atoms with Gasteiger partial charge in [0.2, 0.25) is 11.8 Å². The summed E-state index contributed by atoms with van der Waals surface area (Å²) in [6, 6.07) is 14.9. The summed E-state index contributed by atoms with van der Waals surface area (Å²) in [6.07, 6.45) is 5.42. The van der Waals surface area contributed by atoms with Crippen molar-refractivity contribution in [2.24, 2.45) is 0 Å². The molecule has 1 aromatic heterocycles. The number of para-hydroxylation sites is 1. The molecular weight excluding hydrogens is 316 g/mol. The smallest absolute Gasteiger partial charge is 0.232 e. The van der Waals surface area contributed by atoms with E-state index in [1.54, 1.807) is 12.5 Å². The predicted molar refractivity (Wildman–Crippen MR) is 94.6 cm³/mol. The third-order valence-electron chi connectivity index (χ3n) is 4.25. The lowest BCUT2D eigenvalue weighted by atomic mass is 9.90. The van der Waals surface area contributed by atoms with Gasteiger partial charge < -0.3 is 15.2 Å². The highest BCUT2D eigenvalue weighted by Gasteiger charge is 2.30. The zero-order chi connectivity index (χ0) is 17.2. The topological polar surface area (TPSA) is 76.0 Å². The van der Waals surface area contributed by atoms with Crippen LogP contribution in [0.15, 0.2) is 67.3 Å². The van der Waals surface area contributed by atoms with Gasteiger partial charge in [-0.1, -0.05) is 18.2 Å². The summed E-state index contributed by atoms with van der Waals surface area (Å²) >= 11 is 0. The van der Waals surface area contributed by atoms with Gasteiger partial charge in [0.25, 0.3) is 0 Å². The average molecular weight is 332 g/mol. The van der Waals surface area contributed by atoms with E-state index in [4.69, 9.17) is 0 Å². The van der Waals surface area contributed by atoms with Crippen molar-refractivity contribution in [3.63, 3.8) is 0 Å². The Balaban J connectivity index is 1.53. The van der Waals surface area contributed by atoms with Crippen molar-refractivity contribution >= 4 is 23.2 Å². The zero-order valence-corrected chi connectivity index (χ0v) is 13.3. The number of imidazole rings is 1. The van der Waals surface area contributed by atoms with Crippen molar-refractivity contribution in [1.29, 1.82) is 0 Å². The fourth-order valence-corrected chi connectivity index (χ4v) is 3.00. The van der Waals surface area contributed by atoms with E-state index >= 15 is 0 Å². The molecule has 2 amide bonds. The Morgan fingerprint density at radius 2 is 1.96 bits per heavy atom. The van der Waals surface area contributed by atoms with E-state index in [1.165, 1.54) is 0 Å². The molecule has 2 N–H and O–H groups in total. The van der Waals surface area contributed by atoms with Crippen molar-refractivity contribution in [1.82, 2.24) is 9.55 Å². The molecule has 0 spiro atoms. The molecule has 6 nitrogen and oxygen atoms in total. The molecule has 1 aliphatic rings. The molecule has 3 aromatic rings.